The molecule has 2 nitrogen and oxygen atoms in total. The van der Waals surface area contributed by atoms with Gasteiger partial charge in [0.15, 0.2) is 0 Å². The number of nitrogens with zero attached hydrogens (tertiary/aromatic N) is 2. The van der Waals surface area contributed by atoms with E-state index in [0.717, 1.165) is 6.42 Å². The van der Waals surface area contributed by atoms with Crippen molar-refractivity contribution in [1.29, 1.82) is 0 Å². The molecule has 0 aliphatic rings. The average Bonchev–Trinajstić information content (AvgIpc) is 3.61. The van der Waals surface area contributed by atoms with Crippen molar-refractivity contribution in [3.63, 3.8) is 0 Å². The van der Waals surface area contributed by atoms with Crippen LogP contribution in [-0.4, -0.2) is 25.8 Å². The Morgan fingerprint density at radius 2 is 1.17 bits per heavy atom. The molecule has 0 aliphatic carbocycles. The average molecular weight is 549 g/mol. The zero-order chi connectivity index (χ0) is 28.3. The van der Waals surface area contributed by atoms with Crippen LogP contribution in [0.15, 0.2) is 164 Å². The smallest absolute Gasteiger partial charge is 0.206 e. The number of hydrogen-bond donors (Lipinski definition) is 0. The molecular formula is C37H37BN2Si. The first-order valence-electron chi connectivity index (χ1n) is 14.5. The molecule has 6 aromatic rings. The maximum Gasteiger partial charge on any atom is 0.206 e. The quantitative estimate of drug-likeness (QED) is 0.226. The van der Waals surface area contributed by atoms with Gasteiger partial charge in [-0.05, 0) is 23.1 Å². The van der Waals surface area contributed by atoms with E-state index in [9.17, 15) is 0 Å². The number of aromatic nitrogens is 2. The molecular weight excluding hydrogens is 511 g/mol. The highest BCUT2D eigenvalue weighted by atomic mass is 28.2. The summed E-state index contributed by atoms with van der Waals surface area (Å²) >= 11 is 0. The molecule has 1 heterocycles. The van der Waals surface area contributed by atoms with Gasteiger partial charge in [0.1, 0.15) is 0 Å². The lowest BCUT2D eigenvalue weighted by molar-refractivity contribution is 0.596. The maximum absolute atomic E-state index is 4.40. The van der Waals surface area contributed by atoms with Crippen molar-refractivity contribution in [2.24, 2.45) is 0 Å². The lowest BCUT2D eigenvalue weighted by atomic mass is 9.43. The summed E-state index contributed by atoms with van der Waals surface area (Å²) < 4.78 is 2.31. The van der Waals surface area contributed by atoms with Gasteiger partial charge in [0.2, 0.25) is 6.71 Å². The number of imidazole rings is 1. The Hall–Kier alpha value is -4.41. The Morgan fingerprint density at radius 1 is 0.659 bits per heavy atom. The van der Waals surface area contributed by atoms with E-state index >= 15 is 0 Å². The second kappa shape index (κ2) is 13.8. The molecule has 5 aromatic carbocycles. The molecule has 1 aromatic heterocycles. The van der Waals surface area contributed by atoms with E-state index in [2.05, 4.69) is 175 Å². The van der Waals surface area contributed by atoms with Gasteiger partial charge in [-0.2, -0.15) is 0 Å². The third-order valence-electron chi connectivity index (χ3n) is 7.91. The number of rotatable bonds is 8. The summed E-state index contributed by atoms with van der Waals surface area (Å²) in [5.74, 6) is 0. The lowest BCUT2D eigenvalue weighted by Gasteiger charge is -2.37. The van der Waals surface area contributed by atoms with Gasteiger partial charge in [-0.15, -0.1) is 0 Å². The van der Waals surface area contributed by atoms with Crippen LogP contribution in [0.5, 0.6) is 0 Å². The first-order chi connectivity index (χ1) is 20.2. The van der Waals surface area contributed by atoms with Crippen molar-refractivity contribution in [2.45, 2.75) is 25.3 Å². The summed E-state index contributed by atoms with van der Waals surface area (Å²) in [6, 6.07) is 52.1. The fourth-order valence-electron chi connectivity index (χ4n) is 5.60. The molecule has 0 radical (unpaired) electrons. The molecule has 41 heavy (non-hydrogen) atoms. The second-order valence-electron chi connectivity index (χ2n) is 10.5. The summed E-state index contributed by atoms with van der Waals surface area (Å²) in [6.07, 6.45) is 7.03. The van der Waals surface area contributed by atoms with Gasteiger partial charge in [-0.1, -0.05) is 175 Å². The van der Waals surface area contributed by atoms with E-state index in [1.165, 1.54) is 32.8 Å². The highest BCUT2D eigenvalue weighted by molar-refractivity contribution is 6.84. The Kier molecular flexibility index (Phi) is 9.46. The summed E-state index contributed by atoms with van der Waals surface area (Å²) in [5, 5.41) is 1.27. The summed E-state index contributed by atoms with van der Waals surface area (Å²) in [5.41, 5.74) is 6.79. The lowest BCUT2D eigenvalue weighted by Crippen LogP contribution is -2.46. The molecule has 202 valence electrons. The largest absolute Gasteiger partial charge is 0.326 e. The molecule has 0 N–H and O–H groups in total. The van der Waals surface area contributed by atoms with Crippen LogP contribution in [-0.2, 0) is 11.6 Å². The van der Waals surface area contributed by atoms with Crippen LogP contribution < -0.4 is 16.1 Å². The van der Waals surface area contributed by atoms with E-state index in [1.807, 2.05) is 12.5 Å². The topological polar surface area (TPSA) is 17.8 Å². The Bertz CT molecular complexity index is 1510. The molecule has 0 unspecified atom stereocenters. The van der Waals surface area contributed by atoms with Crippen LogP contribution in [0.1, 0.15) is 23.6 Å². The van der Waals surface area contributed by atoms with Gasteiger partial charge in [-0.3, -0.25) is 0 Å². The predicted molar refractivity (Wildman–Crippen MR) is 179 cm³/mol. The van der Waals surface area contributed by atoms with Crippen LogP contribution in [0.2, 0.25) is 6.82 Å². The minimum Gasteiger partial charge on any atom is -0.326 e. The molecule has 0 amide bonds. The van der Waals surface area contributed by atoms with E-state index in [4.69, 9.17) is 0 Å². The van der Waals surface area contributed by atoms with Crippen LogP contribution >= 0.6 is 0 Å². The van der Waals surface area contributed by atoms with Gasteiger partial charge in [0, 0.05) is 12.4 Å². The minimum absolute atomic E-state index is 0.203. The van der Waals surface area contributed by atoms with Crippen molar-refractivity contribution >= 4 is 32.3 Å². The van der Waals surface area contributed by atoms with Crippen LogP contribution in [0.25, 0.3) is 0 Å². The minimum atomic E-state index is -0.778. The number of benzene rings is 5. The first-order valence-corrected chi connectivity index (χ1v) is 15.9. The SMILES string of the molecule is CB(c1ccccc1)c1ccccc1.CCc1cccc([SiH2]C(c2ccccc2)(c2ccccc2)n2ccnc2)c1. The summed E-state index contributed by atoms with van der Waals surface area (Å²) in [4.78, 5) is 4.40. The first kappa shape index (κ1) is 28.1. The fourth-order valence-corrected chi connectivity index (χ4v) is 8.06. The molecule has 6 rings (SSSR count). The molecule has 0 aliphatic heterocycles. The Balaban J connectivity index is 0.000000202. The fraction of sp³-hybridized carbons (Fsp3) is 0.108. The van der Waals surface area contributed by atoms with Crippen molar-refractivity contribution in [1.82, 2.24) is 9.55 Å². The van der Waals surface area contributed by atoms with Crippen molar-refractivity contribution < 1.29 is 0 Å². The van der Waals surface area contributed by atoms with Gasteiger partial charge >= 0.3 is 0 Å². The summed E-state index contributed by atoms with van der Waals surface area (Å²) in [7, 11) is -0.778. The third-order valence-corrected chi connectivity index (χ3v) is 10.4. The monoisotopic (exact) mass is 548 g/mol. The third kappa shape index (κ3) is 6.67. The van der Waals surface area contributed by atoms with Crippen molar-refractivity contribution in [3.8, 4) is 0 Å². The molecule has 0 bridgehead atoms. The van der Waals surface area contributed by atoms with Crippen molar-refractivity contribution in [3.05, 3.63) is 181 Å². The van der Waals surface area contributed by atoms with E-state index in [-0.39, 0.29) is 5.16 Å². The van der Waals surface area contributed by atoms with E-state index < -0.39 is 9.52 Å². The Labute approximate surface area is 247 Å². The molecule has 0 saturated carbocycles. The van der Waals surface area contributed by atoms with Gasteiger partial charge < -0.3 is 4.57 Å². The number of hydrogen-bond acceptors (Lipinski definition) is 1. The van der Waals surface area contributed by atoms with Crippen LogP contribution in [0.3, 0.4) is 0 Å². The van der Waals surface area contributed by atoms with E-state index in [1.54, 1.807) is 0 Å². The predicted octanol–water partition coefficient (Wildman–Crippen LogP) is 5.61. The molecule has 4 heteroatoms. The number of aryl methyl sites for hydroxylation is 1. The van der Waals surface area contributed by atoms with Crippen molar-refractivity contribution in [2.75, 3.05) is 0 Å². The van der Waals surface area contributed by atoms with E-state index in [0.29, 0.717) is 6.71 Å². The maximum atomic E-state index is 4.40. The van der Waals surface area contributed by atoms with Crippen LogP contribution in [0.4, 0.5) is 0 Å². The molecule has 0 fully saturated rings. The normalized spacial score (nSPS) is 11.2. The molecule has 0 atom stereocenters. The highest BCUT2D eigenvalue weighted by Gasteiger charge is 2.36. The molecule has 0 saturated heterocycles. The highest BCUT2D eigenvalue weighted by Crippen LogP contribution is 2.33. The van der Waals surface area contributed by atoms with Gasteiger partial charge in [0.05, 0.1) is 21.0 Å². The van der Waals surface area contributed by atoms with Crippen LogP contribution in [0, 0.1) is 0 Å². The zero-order valence-corrected chi connectivity index (χ0v) is 25.4. The molecule has 0 spiro atoms. The zero-order valence-electron chi connectivity index (χ0n) is 24.0. The Morgan fingerprint density at radius 3 is 1.63 bits per heavy atom. The summed E-state index contributed by atoms with van der Waals surface area (Å²) in [6.45, 7) is 4.94. The van der Waals surface area contributed by atoms with Gasteiger partial charge in [-0.25, -0.2) is 4.98 Å². The second-order valence-corrected chi connectivity index (χ2v) is 12.6. The standard InChI is InChI=1S/C24H24N2Si.C13H13B/c1-2-20-10-9-15-23(18-20)27-24(26-17-16-25-19-26,21-11-5-3-6-12-21)22-13-7-4-8-14-22;1-14(12-8-4-2-5-9-12)13-10-6-3-7-11-13/h3-19H,2,27H2,1H3;2-11H,1H3. The van der Waals surface area contributed by atoms with Gasteiger partial charge in [0.25, 0.3) is 0 Å².